The van der Waals surface area contributed by atoms with Gasteiger partial charge in [0.05, 0.1) is 0 Å². The Hall–Kier alpha value is -2.37. The van der Waals surface area contributed by atoms with Gasteiger partial charge in [-0.05, 0) is 18.6 Å². The van der Waals surface area contributed by atoms with Crippen LogP contribution in [-0.4, -0.2) is 21.1 Å². The number of nitrogens with zero attached hydrogens (tertiary/aromatic N) is 1. The molecule has 0 aromatic carbocycles. The van der Waals surface area contributed by atoms with Crippen molar-refractivity contribution in [1.29, 1.82) is 0 Å². The Bertz CT molecular complexity index is 600. The number of amides is 1. The third-order valence-corrected chi connectivity index (χ3v) is 2.85. The molecule has 4 N–H and O–H groups in total. The van der Waals surface area contributed by atoms with Crippen LogP contribution in [0, 0.1) is 6.92 Å². The minimum absolute atomic E-state index is 0.0769. The summed E-state index contributed by atoms with van der Waals surface area (Å²) in [6.45, 7) is 1.78. The number of H-pyrrole nitrogens is 2. The van der Waals surface area contributed by atoms with Crippen LogP contribution < -0.4 is 11.3 Å². The molecule has 1 atom stereocenters. The standard InChI is InChI=1S/C12H14N4O2/c1-7-11(12(18)16-15-7)9(5-10(13)17)8-3-2-4-14-6-8/h2-4,6,9H,5H2,1H3,(H2,13,17)(H2,15,16,18). The van der Waals surface area contributed by atoms with E-state index >= 15 is 0 Å². The van der Waals surface area contributed by atoms with E-state index in [2.05, 4.69) is 15.2 Å². The average molecular weight is 246 g/mol. The van der Waals surface area contributed by atoms with Crippen molar-refractivity contribution in [2.24, 2.45) is 5.73 Å². The zero-order valence-corrected chi connectivity index (χ0v) is 9.93. The van der Waals surface area contributed by atoms with Crippen LogP contribution in [0.1, 0.15) is 29.2 Å². The number of aryl methyl sites for hydroxylation is 1. The Balaban J connectivity index is 2.50. The third kappa shape index (κ3) is 2.32. The van der Waals surface area contributed by atoms with E-state index in [-0.39, 0.29) is 17.9 Å². The largest absolute Gasteiger partial charge is 0.370 e. The molecule has 1 unspecified atom stereocenters. The summed E-state index contributed by atoms with van der Waals surface area (Å²) < 4.78 is 0. The van der Waals surface area contributed by atoms with Gasteiger partial charge in [-0.15, -0.1) is 0 Å². The molecule has 2 aromatic rings. The van der Waals surface area contributed by atoms with Crippen LogP contribution in [0.15, 0.2) is 29.3 Å². The number of rotatable bonds is 4. The first-order chi connectivity index (χ1) is 8.59. The molecule has 18 heavy (non-hydrogen) atoms. The van der Waals surface area contributed by atoms with Crippen LogP contribution in [0.25, 0.3) is 0 Å². The Morgan fingerprint density at radius 2 is 2.28 bits per heavy atom. The summed E-state index contributed by atoms with van der Waals surface area (Å²) in [6, 6.07) is 3.59. The van der Waals surface area contributed by atoms with Crippen molar-refractivity contribution in [1.82, 2.24) is 15.2 Å². The average Bonchev–Trinajstić information content (AvgIpc) is 2.67. The van der Waals surface area contributed by atoms with Crippen molar-refractivity contribution in [3.05, 3.63) is 51.7 Å². The minimum Gasteiger partial charge on any atom is -0.370 e. The summed E-state index contributed by atoms with van der Waals surface area (Å²) in [5.41, 5.74) is 7.05. The van der Waals surface area contributed by atoms with Crippen LogP contribution in [0.2, 0.25) is 0 Å². The van der Waals surface area contributed by atoms with Crippen molar-refractivity contribution in [2.75, 3.05) is 0 Å². The highest BCUT2D eigenvalue weighted by Crippen LogP contribution is 2.26. The van der Waals surface area contributed by atoms with Gasteiger partial charge in [-0.3, -0.25) is 19.7 Å². The lowest BCUT2D eigenvalue weighted by molar-refractivity contribution is -0.118. The summed E-state index contributed by atoms with van der Waals surface area (Å²) in [7, 11) is 0. The first-order valence-electron chi connectivity index (χ1n) is 5.55. The fraction of sp³-hybridized carbons (Fsp3) is 0.250. The number of nitrogens with two attached hydrogens (primary N) is 1. The van der Waals surface area contributed by atoms with Crippen molar-refractivity contribution >= 4 is 5.91 Å². The van der Waals surface area contributed by atoms with Gasteiger partial charge in [-0.2, -0.15) is 0 Å². The summed E-state index contributed by atoms with van der Waals surface area (Å²) in [4.78, 5) is 27.0. The van der Waals surface area contributed by atoms with Crippen LogP contribution in [0.3, 0.4) is 0 Å². The lowest BCUT2D eigenvalue weighted by Crippen LogP contribution is -2.20. The topological polar surface area (TPSA) is 105 Å². The number of nitrogens with one attached hydrogen (secondary N) is 2. The van der Waals surface area contributed by atoms with Crippen molar-refractivity contribution in [2.45, 2.75) is 19.3 Å². The first-order valence-corrected chi connectivity index (χ1v) is 5.55. The molecule has 0 aliphatic heterocycles. The molecular formula is C12H14N4O2. The smallest absolute Gasteiger partial charge is 0.267 e. The van der Waals surface area contributed by atoms with E-state index in [9.17, 15) is 9.59 Å². The van der Waals surface area contributed by atoms with Crippen LogP contribution in [0.4, 0.5) is 0 Å². The molecule has 94 valence electrons. The Morgan fingerprint density at radius 3 is 2.78 bits per heavy atom. The fourth-order valence-corrected chi connectivity index (χ4v) is 2.04. The van der Waals surface area contributed by atoms with Crippen LogP contribution in [0.5, 0.6) is 0 Å². The molecule has 2 heterocycles. The van der Waals surface area contributed by atoms with Crippen LogP contribution >= 0.6 is 0 Å². The molecule has 0 aliphatic carbocycles. The lowest BCUT2D eigenvalue weighted by Gasteiger charge is -2.13. The predicted octanol–water partition coefficient (Wildman–Crippen LogP) is 0.414. The molecule has 1 amide bonds. The molecule has 2 aromatic heterocycles. The second-order valence-corrected chi connectivity index (χ2v) is 4.13. The van der Waals surface area contributed by atoms with Gasteiger partial charge in [-0.1, -0.05) is 6.07 Å². The maximum absolute atomic E-state index is 11.8. The van der Waals surface area contributed by atoms with Gasteiger partial charge >= 0.3 is 0 Å². The molecule has 0 aliphatic rings. The van der Waals surface area contributed by atoms with E-state index in [0.717, 1.165) is 5.56 Å². The highest BCUT2D eigenvalue weighted by atomic mass is 16.1. The maximum Gasteiger partial charge on any atom is 0.267 e. The van der Waals surface area contributed by atoms with E-state index in [1.165, 1.54) is 0 Å². The molecule has 0 spiro atoms. The third-order valence-electron chi connectivity index (χ3n) is 2.85. The van der Waals surface area contributed by atoms with E-state index in [4.69, 9.17) is 5.73 Å². The van der Waals surface area contributed by atoms with Gasteiger partial charge in [0, 0.05) is 36.0 Å². The quantitative estimate of drug-likeness (QED) is 0.727. The fourth-order valence-electron chi connectivity index (χ4n) is 2.04. The summed E-state index contributed by atoms with van der Waals surface area (Å²) in [5, 5.41) is 5.26. The van der Waals surface area contributed by atoms with Gasteiger partial charge in [-0.25, -0.2) is 0 Å². The summed E-state index contributed by atoms with van der Waals surface area (Å²) in [5.74, 6) is -0.824. The number of carbonyl (C=O) groups is 1. The molecule has 0 saturated carbocycles. The Labute approximate surface area is 103 Å². The van der Waals surface area contributed by atoms with Gasteiger partial charge < -0.3 is 10.8 Å². The molecule has 2 rings (SSSR count). The number of primary amides is 1. The van der Waals surface area contributed by atoms with Crippen LogP contribution in [-0.2, 0) is 4.79 Å². The number of hydrogen-bond acceptors (Lipinski definition) is 3. The SMILES string of the molecule is Cc1[nH][nH]c(=O)c1C(CC(N)=O)c1cccnc1. The van der Waals surface area contributed by atoms with Crippen molar-refractivity contribution in [3.8, 4) is 0 Å². The first kappa shape index (κ1) is 12.1. The van der Waals surface area contributed by atoms with Crippen molar-refractivity contribution < 1.29 is 4.79 Å². The Kier molecular flexibility index (Phi) is 3.27. The molecule has 6 heteroatoms. The number of hydrogen-bond donors (Lipinski definition) is 3. The molecule has 0 fully saturated rings. The summed E-state index contributed by atoms with van der Waals surface area (Å²) >= 11 is 0. The zero-order chi connectivity index (χ0) is 13.1. The van der Waals surface area contributed by atoms with Crippen molar-refractivity contribution in [3.63, 3.8) is 0 Å². The maximum atomic E-state index is 11.8. The number of pyridine rings is 1. The highest BCUT2D eigenvalue weighted by molar-refractivity contribution is 5.75. The second-order valence-electron chi connectivity index (χ2n) is 4.13. The lowest BCUT2D eigenvalue weighted by atomic mass is 9.89. The van der Waals surface area contributed by atoms with Gasteiger partial charge in [0.2, 0.25) is 5.91 Å². The monoisotopic (exact) mass is 246 g/mol. The van der Waals surface area contributed by atoms with E-state index in [0.29, 0.717) is 11.3 Å². The van der Waals surface area contributed by atoms with E-state index < -0.39 is 5.91 Å². The predicted molar refractivity (Wildman–Crippen MR) is 66.0 cm³/mol. The van der Waals surface area contributed by atoms with E-state index in [1.807, 2.05) is 6.07 Å². The van der Waals surface area contributed by atoms with Gasteiger partial charge in [0.15, 0.2) is 0 Å². The summed E-state index contributed by atoms with van der Waals surface area (Å²) in [6.07, 6.45) is 3.35. The normalized spacial score (nSPS) is 12.3. The molecule has 0 radical (unpaired) electrons. The molecule has 6 nitrogen and oxygen atoms in total. The molecular weight excluding hydrogens is 232 g/mol. The van der Waals surface area contributed by atoms with Gasteiger partial charge in [0.25, 0.3) is 5.56 Å². The Morgan fingerprint density at radius 1 is 1.50 bits per heavy atom. The molecule has 0 saturated heterocycles. The van der Waals surface area contributed by atoms with E-state index in [1.54, 1.807) is 25.4 Å². The second kappa shape index (κ2) is 4.87. The van der Waals surface area contributed by atoms with Gasteiger partial charge in [0.1, 0.15) is 0 Å². The highest BCUT2D eigenvalue weighted by Gasteiger charge is 2.23. The number of aromatic nitrogens is 3. The molecule has 0 bridgehead atoms. The minimum atomic E-state index is -0.455. The zero-order valence-electron chi connectivity index (χ0n) is 9.93. The number of carbonyl (C=O) groups excluding carboxylic acids is 1. The number of aromatic amines is 2.